The molecular weight excluding hydrogens is 262 g/mol. The van der Waals surface area contributed by atoms with E-state index in [1.54, 1.807) is 7.11 Å². The van der Waals surface area contributed by atoms with Crippen molar-refractivity contribution in [2.24, 2.45) is 0 Å². The lowest BCUT2D eigenvalue weighted by atomic mass is 10.1. The molecular formula is C18H31NO2. The predicted molar refractivity (Wildman–Crippen MR) is 90.6 cm³/mol. The molecule has 0 fully saturated rings. The van der Waals surface area contributed by atoms with E-state index in [4.69, 9.17) is 9.47 Å². The smallest absolute Gasteiger partial charge is 0.163 e. The Morgan fingerprint density at radius 3 is 2.48 bits per heavy atom. The van der Waals surface area contributed by atoms with Crippen LogP contribution in [0.3, 0.4) is 0 Å². The van der Waals surface area contributed by atoms with Gasteiger partial charge in [-0.3, -0.25) is 0 Å². The summed E-state index contributed by atoms with van der Waals surface area (Å²) in [4.78, 5) is 0. The SMILES string of the molecule is CCCCCCCC(C)Nc1ccc(OC)c(OCC)c1. The van der Waals surface area contributed by atoms with E-state index in [9.17, 15) is 0 Å². The second-order valence-corrected chi connectivity index (χ2v) is 5.55. The lowest BCUT2D eigenvalue weighted by Crippen LogP contribution is -2.15. The Labute approximate surface area is 130 Å². The summed E-state index contributed by atoms with van der Waals surface area (Å²) in [7, 11) is 1.67. The van der Waals surface area contributed by atoms with Gasteiger partial charge in [0.2, 0.25) is 0 Å². The third-order valence-corrected chi connectivity index (χ3v) is 3.62. The summed E-state index contributed by atoms with van der Waals surface area (Å²) < 4.78 is 10.9. The second kappa shape index (κ2) is 10.4. The highest BCUT2D eigenvalue weighted by Gasteiger charge is 2.07. The summed E-state index contributed by atoms with van der Waals surface area (Å²) in [6.07, 6.45) is 7.87. The second-order valence-electron chi connectivity index (χ2n) is 5.55. The van der Waals surface area contributed by atoms with Gasteiger partial charge in [0, 0.05) is 17.8 Å². The zero-order chi connectivity index (χ0) is 15.5. The van der Waals surface area contributed by atoms with E-state index in [2.05, 4.69) is 25.2 Å². The maximum Gasteiger partial charge on any atom is 0.163 e. The van der Waals surface area contributed by atoms with Crippen LogP contribution in [0.1, 0.15) is 59.3 Å². The monoisotopic (exact) mass is 293 g/mol. The van der Waals surface area contributed by atoms with Crippen molar-refractivity contribution in [2.75, 3.05) is 19.0 Å². The van der Waals surface area contributed by atoms with Gasteiger partial charge in [0.15, 0.2) is 11.5 Å². The lowest BCUT2D eigenvalue weighted by molar-refractivity contribution is 0.311. The summed E-state index contributed by atoms with van der Waals surface area (Å²) in [5.74, 6) is 1.59. The van der Waals surface area contributed by atoms with Gasteiger partial charge >= 0.3 is 0 Å². The molecule has 1 aromatic rings. The Hall–Kier alpha value is -1.38. The van der Waals surface area contributed by atoms with Crippen molar-refractivity contribution in [2.45, 2.75) is 65.3 Å². The normalized spacial score (nSPS) is 12.0. The van der Waals surface area contributed by atoms with Gasteiger partial charge in [0.25, 0.3) is 0 Å². The van der Waals surface area contributed by atoms with Crippen LogP contribution in [0.2, 0.25) is 0 Å². The Bertz CT molecular complexity index is 393. The van der Waals surface area contributed by atoms with Crippen LogP contribution in [-0.4, -0.2) is 19.8 Å². The van der Waals surface area contributed by atoms with Gasteiger partial charge in [0.05, 0.1) is 13.7 Å². The first-order valence-corrected chi connectivity index (χ1v) is 8.28. The maximum absolute atomic E-state index is 5.61. The Balaban J connectivity index is 2.44. The summed E-state index contributed by atoms with van der Waals surface area (Å²) in [6.45, 7) is 7.12. The van der Waals surface area contributed by atoms with Crippen molar-refractivity contribution in [1.29, 1.82) is 0 Å². The van der Waals surface area contributed by atoms with Crippen LogP contribution >= 0.6 is 0 Å². The largest absolute Gasteiger partial charge is 0.493 e. The molecule has 0 heterocycles. The molecule has 0 saturated carbocycles. The first-order chi connectivity index (χ1) is 10.2. The molecule has 120 valence electrons. The van der Waals surface area contributed by atoms with Crippen LogP contribution in [0.25, 0.3) is 0 Å². The molecule has 3 heteroatoms. The molecule has 1 unspecified atom stereocenters. The Morgan fingerprint density at radius 1 is 1.05 bits per heavy atom. The van der Waals surface area contributed by atoms with Gasteiger partial charge in [-0.05, 0) is 32.4 Å². The average Bonchev–Trinajstić information content (AvgIpc) is 2.48. The molecule has 0 amide bonds. The molecule has 1 N–H and O–H groups in total. The first kappa shape index (κ1) is 17.7. The molecule has 0 spiro atoms. The summed E-state index contributed by atoms with van der Waals surface area (Å²) in [6, 6.07) is 6.51. The fourth-order valence-electron chi connectivity index (χ4n) is 2.45. The number of hydrogen-bond donors (Lipinski definition) is 1. The molecule has 21 heavy (non-hydrogen) atoms. The lowest BCUT2D eigenvalue weighted by Gasteiger charge is -2.17. The number of nitrogens with one attached hydrogen (secondary N) is 1. The van der Waals surface area contributed by atoms with Crippen molar-refractivity contribution in [1.82, 2.24) is 0 Å². The number of ether oxygens (including phenoxy) is 2. The zero-order valence-electron chi connectivity index (χ0n) is 14.1. The third kappa shape index (κ3) is 6.74. The highest BCUT2D eigenvalue weighted by Crippen LogP contribution is 2.30. The quantitative estimate of drug-likeness (QED) is 0.565. The van der Waals surface area contributed by atoms with E-state index in [0.29, 0.717) is 12.6 Å². The van der Waals surface area contributed by atoms with Gasteiger partial charge in [0.1, 0.15) is 0 Å². The molecule has 0 saturated heterocycles. The molecule has 0 radical (unpaired) electrons. The summed E-state index contributed by atoms with van der Waals surface area (Å²) in [5.41, 5.74) is 1.10. The van der Waals surface area contributed by atoms with Gasteiger partial charge in [-0.1, -0.05) is 39.0 Å². The van der Waals surface area contributed by atoms with Crippen molar-refractivity contribution < 1.29 is 9.47 Å². The van der Waals surface area contributed by atoms with E-state index in [-0.39, 0.29) is 0 Å². The predicted octanol–water partition coefficient (Wildman–Crippen LogP) is 5.25. The first-order valence-electron chi connectivity index (χ1n) is 8.28. The van der Waals surface area contributed by atoms with E-state index in [1.165, 1.54) is 38.5 Å². The summed E-state index contributed by atoms with van der Waals surface area (Å²) in [5, 5.41) is 3.55. The standard InChI is InChI=1S/C18H31NO2/c1-5-7-8-9-10-11-15(3)19-16-12-13-17(20-4)18(14-16)21-6-2/h12-15,19H,5-11H2,1-4H3. The molecule has 0 bridgehead atoms. The Kier molecular flexibility index (Phi) is 8.72. The number of rotatable bonds is 11. The molecule has 1 rings (SSSR count). The van der Waals surface area contributed by atoms with Crippen LogP contribution in [0.4, 0.5) is 5.69 Å². The number of hydrogen-bond acceptors (Lipinski definition) is 3. The van der Waals surface area contributed by atoms with Crippen LogP contribution < -0.4 is 14.8 Å². The topological polar surface area (TPSA) is 30.5 Å². The number of anilines is 1. The number of benzene rings is 1. The van der Waals surface area contributed by atoms with Gasteiger partial charge in [-0.15, -0.1) is 0 Å². The maximum atomic E-state index is 5.61. The van der Waals surface area contributed by atoms with Gasteiger partial charge in [-0.2, -0.15) is 0 Å². The number of methoxy groups -OCH3 is 1. The molecule has 3 nitrogen and oxygen atoms in total. The van der Waals surface area contributed by atoms with Crippen LogP contribution in [0.5, 0.6) is 11.5 Å². The summed E-state index contributed by atoms with van der Waals surface area (Å²) >= 11 is 0. The van der Waals surface area contributed by atoms with E-state index in [1.807, 2.05) is 19.1 Å². The van der Waals surface area contributed by atoms with E-state index >= 15 is 0 Å². The Morgan fingerprint density at radius 2 is 1.81 bits per heavy atom. The van der Waals surface area contributed by atoms with Crippen LogP contribution in [-0.2, 0) is 0 Å². The van der Waals surface area contributed by atoms with Crippen molar-refractivity contribution in [3.05, 3.63) is 18.2 Å². The molecule has 1 aromatic carbocycles. The minimum atomic E-state index is 0.481. The molecule has 1 atom stereocenters. The van der Waals surface area contributed by atoms with Crippen LogP contribution in [0.15, 0.2) is 18.2 Å². The molecule has 0 aliphatic heterocycles. The minimum Gasteiger partial charge on any atom is -0.493 e. The fraction of sp³-hybridized carbons (Fsp3) is 0.667. The third-order valence-electron chi connectivity index (χ3n) is 3.62. The highest BCUT2D eigenvalue weighted by atomic mass is 16.5. The van der Waals surface area contributed by atoms with Gasteiger partial charge in [-0.25, -0.2) is 0 Å². The van der Waals surface area contributed by atoms with Crippen molar-refractivity contribution in [3.8, 4) is 11.5 Å². The number of unbranched alkanes of at least 4 members (excludes halogenated alkanes) is 4. The minimum absolute atomic E-state index is 0.481. The molecule has 0 aromatic heterocycles. The average molecular weight is 293 g/mol. The molecule has 0 aliphatic rings. The van der Waals surface area contributed by atoms with E-state index < -0.39 is 0 Å². The zero-order valence-corrected chi connectivity index (χ0v) is 14.1. The van der Waals surface area contributed by atoms with Crippen molar-refractivity contribution in [3.63, 3.8) is 0 Å². The highest BCUT2D eigenvalue weighted by molar-refractivity contribution is 5.55. The van der Waals surface area contributed by atoms with Crippen molar-refractivity contribution >= 4 is 5.69 Å². The van der Waals surface area contributed by atoms with E-state index in [0.717, 1.165) is 17.2 Å². The molecule has 0 aliphatic carbocycles. The van der Waals surface area contributed by atoms with Gasteiger partial charge < -0.3 is 14.8 Å². The fourth-order valence-corrected chi connectivity index (χ4v) is 2.45. The van der Waals surface area contributed by atoms with Crippen LogP contribution in [0, 0.1) is 0 Å².